The molecule has 2 rings (SSSR count). The van der Waals surface area contributed by atoms with E-state index in [9.17, 15) is 9.59 Å². The van der Waals surface area contributed by atoms with Gasteiger partial charge < -0.3 is 15.4 Å². The quantitative estimate of drug-likeness (QED) is 0.766. The summed E-state index contributed by atoms with van der Waals surface area (Å²) >= 11 is 5.89. The Morgan fingerprint density at radius 3 is 2.68 bits per heavy atom. The van der Waals surface area contributed by atoms with E-state index < -0.39 is 5.41 Å². The van der Waals surface area contributed by atoms with Crippen LogP contribution in [0.2, 0.25) is 5.02 Å². The molecule has 1 fully saturated rings. The summed E-state index contributed by atoms with van der Waals surface area (Å²) in [5.74, 6) is 0.493. The lowest BCUT2D eigenvalue weighted by molar-refractivity contribution is -0.137. The highest BCUT2D eigenvalue weighted by Crippen LogP contribution is 2.35. The molecule has 0 aromatic heterocycles. The number of benzene rings is 1. The van der Waals surface area contributed by atoms with E-state index >= 15 is 0 Å². The van der Waals surface area contributed by atoms with Crippen molar-refractivity contribution in [3.63, 3.8) is 0 Å². The lowest BCUT2D eigenvalue weighted by atomic mass is 9.77. The average Bonchev–Trinajstić information content (AvgIpc) is 2.59. The molecule has 0 unspecified atom stereocenters. The third-order valence-electron chi connectivity index (χ3n) is 4.67. The topological polar surface area (TPSA) is 72.6 Å². The van der Waals surface area contributed by atoms with Crippen molar-refractivity contribution < 1.29 is 14.3 Å². The van der Waals surface area contributed by atoms with Gasteiger partial charge in [-0.2, -0.15) is 0 Å². The van der Waals surface area contributed by atoms with Crippen LogP contribution in [0.5, 0.6) is 5.75 Å². The predicted octanol–water partition coefficient (Wildman–Crippen LogP) is 3.39. The van der Waals surface area contributed by atoms with Crippen molar-refractivity contribution in [2.75, 3.05) is 19.7 Å². The van der Waals surface area contributed by atoms with E-state index in [4.69, 9.17) is 22.1 Å². The van der Waals surface area contributed by atoms with Gasteiger partial charge in [-0.3, -0.25) is 9.59 Å². The molecule has 1 saturated heterocycles. The van der Waals surface area contributed by atoms with Crippen LogP contribution in [0.25, 0.3) is 0 Å². The second kappa shape index (κ2) is 9.09. The van der Waals surface area contributed by atoms with Gasteiger partial charge in [0.05, 0.1) is 6.61 Å². The van der Waals surface area contributed by atoms with Gasteiger partial charge in [-0.15, -0.1) is 0 Å². The first-order valence-corrected chi connectivity index (χ1v) is 9.26. The first kappa shape index (κ1) is 19.6. The fourth-order valence-electron chi connectivity index (χ4n) is 3.36. The molecule has 0 spiro atoms. The molecule has 25 heavy (non-hydrogen) atoms. The van der Waals surface area contributed by atoms with E-state index in [1.165, 1.54) is 0 Å². The molecule has 1 aliphatic rings. The average molecular weight is 367 g/mol. The Balaban J connectivity index is 2.06. The molecule has 0 bridgehead atoms. The van der Waals surface area contributed by atoms with E-state index in [0.717, 1.165) is 32.2 Å². The summed E-state index contributed by atoms with van der Waals surface area (Å²) < 4.78 is 5.91. The Morgan fingerprint density at radius 2 is 2.04 bits per heavy atom. The standard InChI is InChI=1S/C19H27ClN2O3/c1-2-3-5-18(24)22-11-4-10-19(13-22,12-17(21)23)14-25-16-8-6-15(20)7-9-16/h6-9H,2-5,10-14H2,1H3,(H2,21,23)/t19-/m1/s1. The lowest BCUT2D eigenvalue weighted by Gasteiger charge is -2.42. The number of primary amides is 1. The minimum absolute atomic E-state index is 0.155. The normalized spacial score (nSPS) is 20.3. The minimum atomic E-state index is -0.425. The molecule has 1 atom stereocenters. The minimum Gasteiger partial charge on any atom is -0.493 e. The highest BCUT2D eigenvalue weighted by atomic mass is 35.5. The van der Waals surface area contributed by atoms with Gasteiger partial charge in [-0.1, -0.05) is 24.9 Å². The van der Waals surface area contributed by atoms with Crippen molar-refractivity contribution in [3.05, 3.63) is 29.3 Å². The third kappa shape index (κ3) is 5.92. The Bertz CT molecular complexity index is 591. The molecule has 6 heteroatoms. The predicted molar refractivity (Wildman–Crippen MR) is 98.5 cm³/mol. The second-order valence-corrected chi connectivity index (χ2v) is 7.34. The van der Waals surface area contributed by atoms with Crippen molar-refractivity contribution in [3.8, 4) is 5.75 Å². The van der Waals surface area contributed by atoms with Crippen LogP contribution in [0.1, 0.15) is 45.4 Å². The molecule has 0 radical (unpaired) electrons. The van der Waals surface area contributed by atoms with Crippen LogP contribution < -0.4 is 10.5 Å². The van der Waals surface area contributed by atoms with Crippen LogP contribution in [0.15, 0.2) is 24.3 Å². The first-order valence-electron chi connectivity index (χ1n) is 8.88. The fourth-order valence-corrected chi connectivity index (χ4v) is 3.48. The highest BCUT2D eigenvalue weighted by Gasteiger charge is 2.39. The van der Waals surface area contributed by atoms with Crippen LogP contribution in [0.3, 0.4) is 0 Å². The second-order valence-electron chi connectivity index (χ2n) is 6.91. The molecule has 1 aromatic rings. The van der Waals surface area contributed by atoms with Crippen LogP contribution in [0, 0.1) is 5.41 Å². The van der Waals surface area contributed by atoms with Crippen molar-refractivity contribution in [2.24, 2.45) is 11.1 Å². The number of rotatable bonds is 8. The number of amides is 2. The van der Waals surface area contributed by atoms with E-state index in [1.54, 1.807) is 24.3 Å². The van der Waals surface area contributed by atoms with E-state index in [1.807, 2.05) is 4.90 Å². The van der Waals surface area contributed by atoms with Crippen LogP contribution in [-0.2, 0) is 9.59 Å². The van der Waals surface area contributed by atoms with Crippen molar-refractivity contribution in [2.45, 2.75) is 45.4 Å². The molecule has 0 aliphatic carbocycles. The zero-order valence-electron chi connectivity index (χ0n) is 14.8. The highest BCUT2D eigenvalue weighted by molar-refractivity contribution is 6.30. The fraction of sp³-hybridized carbons (Fsp3) is 0.579. The van der Waals surface area contributed by atoms with Crippen molar-refractivity contribution in [1.29, 1.82) is 0 Å². The van der Waals surface area contributed by atoms with Crippen LogP contribution >= 0.6 is 11.6 Å². The molecule has 0 saturated carbocycles. The zero-order valence-corrected chi connectivity index (χ0v) is 15.6. The molecule has 1 aliphatic heterocycles. The maximum Gasteiger partial charge on any atom is 0.222 e. The number of carbonyl (C=O) groups is 2. The Kier molecular flexibility index (Phi) is 7.12. The summed E-state index contributed by atoms with van der Waals surface area (Å²) in [6.07, 6.45) is 4.33. The number of hydrogen-bond donors (Lipinski definition) is 1. The van der Waals surface area contributed by atoms with Gasteiger partial charge in [0.1, 0.15) is 5.75 Å². The largest absolute Gasteiger partial charge is 0.493 e. The van der Waals surface area contributed by atoms with Gasteiger partial charge in [0.15, 0.2) is 0 Å². The molecule has 2 amide bonds. The Hall–Kier alpha value is -1.75. The van der Waals surface area contributed by atoms with Gasteiger partial charge in [-0.25, -0.2) is 0 Å². The number of nitrogens with two attached hydrogens (primary N) is 1. The smallest absolute Gasteiger partial charge is 0.222 e. The molecular formula is C19H27ClN2O3. The maximum atomic E-state index is 12.4. The van der Waals surface area contributed by atoms with Crippen LogP contribution in [-0.4, -0.2) is 36.4 Å². The van der Waals surface area contributed by atoms with Gasteiger partial charge in [0, 0.05) is 36.4 Å². The summed E-state index contributed by atoms with van der Waals surface area (Å²) in [5, 5.41) is 0.643. The SMILES string of the molecule is CCCCC(=O)N1CCC[C@@](COc2ccc(Cl)cc2)(CC(N)=O)C1. The molecular weight excluding hydrogens is 340 g/mol. The monoisotopic (exact) mass is 366 g/mol. The third-order valence-corrected chi connectivity index (χ3v) is 4.92. The number of unbranched alkanes of at least 4 members (excludes halogenated alkanes) is 1. The van der Waals surface area contributed by atoms with Crippen LogP contribution in [0.4, 0.5) is 0 Å². The van der Waals surface area contributed by atoms with E-state index in [-0.39, 0.29) is 18.2 Å². The number of ether oxygens (including phenoxy) is 1. The summed E-state index contributed by atoms with van der Waals surface area (Å²) in [5.41, 5.74) is 5.06. The lowest BCUT2D eigenvalue weighted by Crippen LogP contribution is -2.50. The molecule has 5 nitrogen and oxygen atoms in total. The number of likely N-dealkylation sites (tertiary alicyclic amines) is 1. The maximum absolute atomic E-state index is 12.4. The first-order chi connectivity index (χ1) is 11.9. The summed E-state index contributed by atoms with van der Waals surface area (Å²) in [4.78, 5) is 25.9. The van der Waals surface area contributed by atoms with Gasteiger partial charge >= 0.3 is 0 Å². The van der Waals surface area contributed by atoms with Gasteiger partial charge in [0.2, 0.25) is 11.8 Å². The molecule has 138 valence electrons. The molecule has 1 aromatic carbocycles. The molecule has 1 heterocycles. The Morgan fingerprint density at radius 1 is 1.32 bits per heavy atom. The summed E-state index contributed by atoms with van der Waals surface area (Å²) in [7, 11) is 0. The van der Waals surface area contributed by atoms with Crippen molar-refractivity contribution >= 4 is 23.4 Å². The number of piperidine rings is 1. The number of halogens is 1. The molecule has 2 N–H and O–H groups in total. The number of hydrogen-bond acceptors (Lipinski definition) is 3. The summed E-state index contributed by atoms with van der Waals surface area (Å²) in [6, 6.07) is 7.12. The Labute approximate surface area is 154 Å². The van der Waals surface area contributed by atoms with Gasteiger partial charge in [0.25, 0.3) is 0 Å². The number of carbonyl (C=O) groups excluding carboxylic acids is 2. The van der Waals surface area contributed by atoms with Crippen molar-refractivity contribution in [1.82, 2.24) is 4.90 Å². The van der Waals surface area contributed by atoms with E-state index in [0.29, 0.717) is 30.3 Å². The zero-order chi connectivity index (χ0) is 18.3. The summed E-state index contributed by atoms with van der Waals surface area (Å²) in [6.45, 7) is 3.69. The number of nitrogens with zero attached hydrogens (tertiary/aromatic N) is 1. The van der Waals surface area contributed by atoms with E-state index in [2.05, 4.69) is 6.92 Å². The van der Waals surface area contributed by atoms with Gasteiger partial charge in [-0.05, 0) is 43.5 Å².